The number of aromatic amines is 2. The highest BCUT2D eigenvalue weighted by Gasteiger charge is 2.38. The average molecular weight is 485 g/mol. The standard InChI is InChI=1S/C24H28N4O7/c1-4-6-11-27-21(30)16(19(29)25-23(27)32)15-13-9-8-10-14(34-3)18(13)35-20-17(15)22(31)28(12-7-5-2)24(33)26-20/h8-10,15,30H,4-7,11-12H2,1-3H3,(H,26,33)(H,25,29,32)/t15-/m1/s1. The molecule has 1 atom stereocenters. The molecular weight excluding hydrogens is 456 g/mol. The van der Waals surface area contributed by atoms with E-state index in [0.717, 1.165) is 22.0 Å². The second-order valence-electron chi connectivity index (χ2n) is 8.40. The normalized spacial score (nSPS) is 14.2. The molecule has 1 aliphatic rings. The second kappa shape index (κ2) is 9.69. The van der Waals surface area contributed by atoms with Crippen LogP contribution in [0.5, 0.6) is 23.3 Å². The quantitative estimate of drug-likeness (QED) is 0.346. The van der Waals surface area contributed by atoms with Gasteiger partial charge in [0.15, 0.2) is 11.5 Å². The number of rotatable bonds is 8. The number of unbranched alkanes of at least 4 members (excludes halogenated alkanes) is 2. The van der Waals surface area contributed by atoms with Gasteiger partial charge in [0.2, 0.25) is 11.8 Å². The van der Waals surface area contributed by atoms with E-state index in [1.807, 2.05) is 13.8 Å². The van der Waals surface area contributed by atoms with Crippen molar-refractivity contribution < 1.29 is 14.6 Å². The molecule has 0 aliphatic carbocycles. The Kier molecular flexibility index (Phi) is 6.68. The number of aromatic nitrogens is 4. The van der Waals surface area contributed by atoms with Crippen molar-refractivity contribution in [1.29, 1.82) is 0 Å². The Bertz CT molecular complexity index is 1490. The predicted molar refractivity (Wildman–Crippen MR) is 128 cm³/mol. The molecule has 0 saturated heterocycles. The maximum absolute atomic E-state index is 13.6. The minimum Gasteiger partial charge on any atom is -0.494 e. The molecular formula is C24H28N4O7. The lowest BCUT2D eigenvalue weighted by Gasteiger charge is -2.29. The number of benzene rings is 1. The van der Waals surface area contributed by atoms with Crippen LogP contribution in [-0.4, -0.2) is 31.3 Å². The minimum absolute atomic E-state index is 0.0112. The molecule has 0 fully saturated rings. The number of hydrogen-bond donors (Lipinski definition) is 3. The summed E-state index contributed by atoms with van der Waals surface area (Å²) in [6, 6.07) is 4.94. The zero-order chi connectivity index (χ0) is 25.3. The molecule has 0 unspecified atom stereocenters. The molecule has 1 aliphatic heterocycles. The highest BCUT2D eigenvalue weighted by Crippen LogP contribution is 2.49. The van der Waals surface area contributed by atoms with Gasteiger partial charge in [0.1, 0.15) is 0 Å². The number of aromatic hydroxyl groups is 1. The molecule has 3 heterocycles. The Hall–Kier alpha value is -4.02. The first-order chi connectivity index (χ1) is 16.8. The van der Waals surface area contributed by atoms with Crippen LogP contribution >= 0.6 is 0 Å². The monoisotopic (exact) mass is 484 g/mol. The second-order valence-corrected chi connectivity index (χ2v) is 8.40. The lowest BCUT2D eigenvalue weighted by molar-refractivity contribution is 0.354. The van der Waals surface area contributed by atoms with Crippen LogP contribution in [0.2, 0.25) is 0 Å². The number of nitrogens with zero attached hydrogens (tertiary/aromatic N) is 2. The van der Waals surface area contributed by atoms with Gasteiger partial charge in [0.25, 0.3) is 11.1 Å². The van der Waals surface area contributed by atoms with E-state index in [9.17, 15) is 24.3 Å². The first-order valence-electron chi connectivity index (χ1n) is 11.6. The molecule has 0 saturated carbocycles. The van der Waals surface area contributed by atoms with Gasteiger partial charge in [-0.15, -0.1) is 0 Å². The number of methoxy groups -OCH3 is 1. The van der Waals surface area contributed by atoms with Crippen LogP contribution in [0.4, 0.5) is 0 Å². The van der Waals surface area contributed by atoms with Crippen molar-refractivity contribution in [3.05, 3.63) is 76.6 Å². The Morgan fingerprint density at radius 1 is 0.971 bits per heavy atom. The van der Waals surface area contributed by atoms with E-state index >= 15 is 0 Å². The Morgan fingerprint density at radius 2 is 1.63 bits per heavy atom. The number of H-pyrrole nitrogens is 2. The number of para-hydroxylation sites is 1. The zero-order valence-electron chi connectivity index (χ0n) is 19.8. The molecule has 4 rings (SSSR count). The van der Waals surface area contributed by atoms with Crippen molar-refractivity contribution in [3.8, 4) is 23.3 Å². The molecule has 3 N–H and O–H groups in total. The summed E-state index contributed by atoms with van der Waals surface area (Å²) < 4.78 is 13.5. The van der Waals surface area contributed by atoms with E-state index in [1.54, 1.807) is 18.2 Å². The van der Waals surface area contributed by atoms with E-state index in [0.29, 0.717) is 24.2 Å². The number of fused-ring (bicyclic) bond motifs is 2. The molecule has 186 valence electrons. The fraction of sp³-hybridized carbons (Fsp3) is 0.417. The van der Waals surface area contributed by atoms with Crippen molar-refractivity contribution in [2.24, 2.45) is 0 Å². The highest BCUT2D eigenvalue weighted by molar-refractivity contribution is 5.61. The van der Waals surface area contributed by atoms with Crippen LogP contribution in [-0.2, 0) is 13.1 Å². The third-order valence-electron chi connectivity index (χ3n) is 6.18. The third kappa shape index (κ3) is 4.07. The molecule has 2 aromatic heterocycles. The van der Waals surface area contributed by atoms with Gasteiger partial charge >= 0.3 is 11.4 Å². The van der Waals surface area contributed by atoms with Gasteiger partial charge in [-0.25, -0.2) is 9.59 Å². The van der Waals surface area contributed by atoms with Gasteiger partial charge in [0.05, 0.1) is 24.2 Å². The fourth-order valence-electron chi connectivity index (χ4n) is 4.37. The van der Waals surface area contributed by atoms with Crippen molar-refractivity contribution in [3.63, 3.8) is 0 Å². The van der Waals surface area contributed by atoms with Crippen molar-refractivity contribution >= 4 is 0 Å². The molecule has 0 spiro atoms. The van der Waals surface area contributed by atoms with Crippen LogP contribution in [0.3, 0.4) is 0 Å². The molecule has 35 heavy (non-hydrogen) atoms. The summed E-state index contributed by atoms with van der Waals surface area (Å²) in [4.78, 5) is 56.8. The van der Waals surface area contributed by atoms with E-state index in [4.69, 9.17) is 9.47 Å². The number of ether oxygens (including phenoxy) is 2. The van der Waals surface area contributed by atoms with Gasteiger partial charge in [-0.05, 0) is 18.9 Å². The highest BCUT2D eigenvalue weighted by atomic mass is 16.5. The summed E-state index contributed by atoms with van der Waals surface area (Å²) >= 11 is 0. The molecule has 11 nitrogen and oxygen atoms in total. The molecule has 11 heteroatoms. The van der Waals surface area contributed by atoms with E-state index in [-0.39, 0.29) is 35.8 Å². The van der Waals surface area contributed by atoms with Crippen molar-refractivity contribution in [2.45, 2.75) is 58.5 Å². The molecule has 0 radical (unpaired) electrons. The summed E-state index contributed by atoms with van der Waals surface area (Å²) in [7, 11) is 1.43. The number of hydrogen-bond acceptors (Lipinski definition) is 7. The summed E-state index contributed by atoms with van der Waals surface area (Å²) in [5, 5.41) is 11.2. The Labute approximate surface area is 199 Å². The van der Waals surface area contributed by atoms with E-state index in [2.05, 4.69) is 9.97 Å². The topological polar surface area (TPSA) is 148 Å². The van der Waals surface area contributed by atoms with Gasteiger partial charge in [-0.1, -0.05) is 38.8 Å². The summed E-state index contributed by atoms with van der Waals surface area (Å²) in [6.07, 6.45) is 2.69. The maximum Gasteiger partial charge on any atom is 0.331 e. The van der Waals surface area contributed by atoms with Crippen molar-refractivity contribution in [2.75, 3.05) is 7.11 Å². The van der Waals surface area contributed by atoms with Gasteiger partial charge in [-0.3, -0.25) is 28.7 Å². The Morgan fingerprint density at radius 3 is 2.29 bits per heavy atom. The number of nitrogens with one attached hydrogen (secondary N) is 2. The Balaban J connectivity index is 2.09. The van der Waals surface area contributed by atoms with Gasteiger partial charge in [0, 0.05) is 18.7 Å². The van der Waals surface area contributed by atoms with Crippen LogP contribution in [0, 0.1) is 0 Å². The summed E-state index contributed by atoms with van der Waals surface area (Å²) in [5.74, 6) is -1.30. The molecule has 0 bridgehead atoms. The van der Waals surface area contributed by atoms with E-state index in [1.165, 1.54) is 7.11 Å². The average Bonchev–Trinajstić information content (AvgIpc) is 2.82. The van der Waals surface area contributed by atoms with Gasteiger partial charge < -0.3 is 14.6 Å². The summed E-state index contributed by atoms with van der Waals surface area (Å²) in [5.41, 5.74) is -2.69. The van der Waals surface area contributed by atoms with Crippen molar-refractivity contribution in [1.82, 2.24) is 19.1 Å². The molecule has 0 amide bonds. The zero-order valence-corrected chi connectivity index (χ0v) is 19.8. The van der Waals surface area contributed by atoms with Crippen LogP contribution in [0.1, 0.15) is 62.1 Å². The predicted octanol–water partition coefficient (Wildman–Crippen LogP) is 1.99. The lowest BCUT2D eigenvalue weighted by atomic mass is 9.84. The fourth-order valence-corrected chi connectivity index (χ4v) is 4.37. The lowest BCUT2D eigenvalue weighted by Crippen LogP contribution is -2.41. The third-order valence-corrected chi connectivity index (χ3v) is 6.18. The molecule has 3 aromatic rings. The molecule has 1 aromatic carbocycles. The summed E-state index contributed by atoms with van der Waals surface area (Å²) in [6.45, 7) is 4.22. The largest absolute Gasteiger partial charge is 0.494 e. The SMILES string of the molecule is CCCCn1c(O)c([C@H]2c3cccc(OC)c3Oc3[nH]c(=O)n(CCCC)c(=O)c32)c(=O)[nH]c1=O. The maximum atomic E-state index is 13.6. The first-order valence-corrected chi connectivity index (χ1v) is 11.6. The first kappa shape index (κ1) is 24.1. The van der Waals surface area contributed by atoms with Gasteiger partial charge in [-0.2, -0.15) is 0 Å². The van der Waals surface area contributed by atoms with Crippen LogP contribution in [0.25, 0.3) is 0 Å². The van der Waals surface area contributed by atoms with Crippen LogP contribution in [0.15, 0.2) is 37.4 Å². The van der Waals surface area contributed by atoms with Crippen LogP contribution < -0.4 is 32.0 Å². The smallest absolute Gasteiger partial charge is 0.331 e. The minimum atomic E-state index is -1.13. The van der Waals surface area contributed by atoms with E-state index < -0.39 is 34.3 Å².